The highest BCUT2D eigenvalue weighted by Gasteiger charge is 2.13. The van der Waals surface area contributed by atoms with Gasteiger partial charge in [-0.15, -0.1) is 0 Å². The van der Waals surface area contributed by atoms with Gasteiger partial charge in [-0.05, 0) is 52.5 Å². The second-order valence-corrected chi connectivity index (χ2v) is 6.29. The van der Waals surface area contributed by atoms with Gasteiger partial charge in [0.2, 0.25) is 0 Å². The largest absolute Gasteiger partial charge is 0.497 e. The molecule has 3 rings (SSSR count). The van der Waals surface area contributed by atoms with Crippen molar-refractivity contribution >= 4 is 32.8 Å². The molecule has 0 radical (unpaired) electrons. The highest BCUT2D eigenvalue weighted by Crippen LogP contribution is 2.27. The van der Waals surface area contributed by atoms with Gasteiger partial charge in [0.15, 0.2) is 5.65 Å². The number of rotatable bonds is 7. The molecule has 2 heterocycles. The van der Waals surface area contributed by atoms with Crippen molar-refractivity contribution in [3.05, 3.63) is 34.7 Å². The maximum absolute atomic E-state index is 5.42. The number of aryl methyl sites for hydroxylation is 2. The van der Waals surface area contributed by atoms with Crippen LogP contribution in [0.2, 0.25) is 0 Å². The molecule has 0 saturated heterocycles. The van der Waals surface area contributed by atoms with Gasteiger partial charge >= 0.3 is 0 Å². The normalized spacial score (nSPS) is 10.9. The standard InChI is InChI=1S/C17H20BrN5O2/c1-23-17-14(15(18)22-23)16(20-10-21-17)19-8-4-5-11-9-12(24-2)6-7-13(11)25-3/h6-7,9-10H,4-5,8H2,1-3H3,(H,19,20,21). The van der Waals surface area contributed by atoms with Gasteiger partial charge in [0, 0.05) is 13.6 Å². The molecule has 0 aliphatic heterocycles. The predicted octanol–water partition coefficient (Wildman–Crippen LogP) is 3.19. The Labute approximate surface area is 154 Å². The summed E-state index contributed by atoms with van der Waals surface area (Å²) in [5.41, 5.74) is 1.91. The van der Waals surface area contributed by atoms with Crippen LogP contribution in [0.25, 0.3) is 11.0 Å². The van der Waals surface area contributed by atoms with Crippen molar-refractivity contribution in [2.24, 2.45) is 7.05 Å². The van der Waals surface area contributed by atoms with Crippen LogP contribution >= 0.6 is 15.9 Å². The summed E-state index contributed by atoms with van der Waals surface area (Å²) >= 11 is 3.47. The minimum Gasteiger partial charge on any atom is -0.497 e. The number of hydrogen-bond acceptors (Lipinski definition) is 6. The number of methoxy groups -OCH3 is 2. The van der Waals surface area contributed by atoms with E-state index in [1.165, 1.54) is 0 Å². The van der Waals surface area contributed by atoms with Crippen molar-refractivity contribution in [2.45, 2.75) is 12.8 Å². The van der Waals surface area contributed by atoms with E-state index in [1.54, 1.807) is 25.2 Å². The zero-order chi connectivity index (χ0) is 17.8. The first-order valence-electron chi connectivity index (χ1n) is 7.92. The number of ether oxygens (including phenoxy) is 2. The molecule has 0 unspecified atom stereocenters. The van der Waals surface area contributed by atoms with E-state index >= 15 is 0 Å². The Morgan fingerprint density at radius 3 is 2.80 bits per heavy atom. The number of nitrogens with zero attached hydrogens (tertiary/aromatic N) is 4. The van der Waals surface area contributed by atoms with Crippen LogP contribution < -0.4 is 14.8 Å². The maximum atomic E-state index is 5.42. The smallest absolute Gasteiger partial charge is 0.164 e. The summed E-state index contributed by atoms with van der Waals surface area (Å²) in [5, 5.41) is 8.59. The van der Waals surface area contributed by atoms with Crippen molar-refractivity contribution in [2.75, 3.05) is 26.1 Å². The fourth-order valence-electron chi connectivity index (χ4n) is 2.74. The Morgan fingerprint density at radius 2 is 2.04 bits per heavy atom. The lowest BCUT2D eigenvalue weighted by molar-refractivity contribution is 0.398. The van der Waals surface area contributed by atoms with Crippen molar-refractivity contribution < 1.29 is 9.47 Å². The Hall–Kier alpha value is -2.35. The van der Waals surface area contributed by atoms with E-state index in [0.29, 0.717) is 0 Å². The summed E-state index contributed by atoms with van der Waals surface area (Å²) in [6, 6.07) is 5.85. The van der Waals surface area contributed by atoms with E-state index in [-0.39, 0.29) is 0 Å². The van der Waals surface area contributed by atoms with Crippen molar-refractivity contribution in [3.63, 3.8) is 0 Å². The second kappa shape index (κ2) is 7.69. The lowest BCUT2D eigenvalue weighted by atomic mass is 10.1. The molecule has 0 spiro atoms. The van der Waals surface area contributed by atoms with Crippen LogP contribution in [0, 0.1) is 0 Å². The number of benzene rings is 1. The minimum atomic E-state index is 0.738. The third kappa shape index (κ3) is 3.68. The van der Waals surface area contributed by atoms with Gasteiger partial charge in [-0.2, -0.15) is 5.10 Å². The molecule has 2 aromatic heterocycles. The van der Waals surface area contributed by atoms with Crippen molar-refractivity contribution in [1.29, 1.82) is 0 Å². The molecule has 0 amide bonds. The topological polar surface area (TPSA) is 74.1 Å². The Balaban J connectivity index is 1.66. The molecule has 25 heavy (non-hydrogen) atoms. The first kappa shape index (κ1) is 17.5. The zero-order valence-corrected chi connectivity index (χ0v) is 16.0. The summed E-state index contributed by atoms with van der Waals surface area (Å²) in [4.78, 5) is 8.61. The summed E-state index contributed by atoms with van der Waals surface area (Å²) in [6.07, 6.45) is 3.34. The Morgan fingerprint density at radius 1 is 1.20 bits per heavy atom. The third-order valence-corrected chi connectivity index (χ3v) is 4.54. The van der Waals surface area contributed by atoms with Crippen LogP contribution in [0.3, 0.4) is 0 Å². The molecule has 0 aliphatic carbocycles. The number of anilines is 1. The molecule has 0 bridgehead atoms. The van der Waals surface area contributed by atoms with Crippen LogP contribution in [-0.2, 0) is 13.5 Å². The monoisotopic (exact) mass is 405 g/mol. The Kier molecular flexibility index (Phi) is 5.37. The number of hydrogen-bond donors (Lipinski definition) is 1. The molecule has 0 saturated carbocycles. The van der Waals surface area contributed by atoms with Crippen LogP contribution in [0.5, 0.6) is 11.5 Å². The molecular formula is C17H20BrN5O2. The SMILES string of the molecule is COc1ccc(OC)c(CCCNc2ncnc3c2c(Br)nn3C)c1. The molecule has 7 nitrogen and oxygen atoms in total. The molecule has 3 aromatic rings. The summed E-state index contributed by atoms with van der Waals surface area (Å²) in [6.45, 7) is 0.772. The van der Waals surface area contributed by atoms with Gasteiger partial charge in [0.1, 0.15) is 28.2 Å². The summed E-state index contributed by atoms with van der Waals surface area (Å²) in [5.74, 6) is 2.49. The third-order valence-electron chi connectivity index (χ3n) is 3.98. The molecule has 0 atom stereocenters. The number of halogens is 1. The average molecular weight is 406 g/mol. The van der Waals surface area contributed by atoms with Gasteiger partial charge in [-0.1, -0.05) is 0 Å². The first-order chi connectivity index (χ1) is 12.1. The van der Waals surface area contributed by atoms with Crippen molar-refractivity contribution in [3.8, 4) is 11.5 Å². The van der Waals surface area contributed by atoms with E-state index < -0.39 is 0 Å². The maximum Gasteiger partial charge on any atom is 0.164 e. The summed E-state index contributed by atoms with van der Waals surface area (Å²) in [7, 11) is 5.21. The van der Waals surface area contributed by atoms with Gasteiger partial charge in [-0.25, -0.2) is 14.6 Å². The summed E-state index contributed by atoms with van der Waals surface area (Å²) < 4.78 is 13.2. The average Bonchev–Trinajstić information content (AvgIpc) is 2.93. The lowest BCUT2D eigenvalue weighted by Gasteiger charge is -2.11. The predicted molar refractivity (Wildman–Crippen MR) is 100 cm³/mol. The molecule has 1 N–H and O–H groups in total. The van der Waals surface area contributed by atoms with E-state index in [4.69, 9.17) is 9.47 Å². The second-order valence-electron chi connectivity index (χ2n) is 5.54. The molecule has 0 fully saturated rings. The van der Waals surface area contributed by atoms with Crippen LogP contribution in [-0.4, -0.2) is 40.5 Å². The fraction of sp³-hybridized carbons (Fsp3) is 0.353. The van der Waals surface area contributed by atoms with E-state index in [9.17, 15) is 0 Å². The number of fused-ring (bicyclic) bond motifs is 1. The molecule has 132 valence electrons. The minimum absolute atomic E-state index is 0.738. The van der Waals surface area contributed by atoms with Crippen LogP contribution in [0.1, 0.15) is 12.0 Å². The van der Waals surface area contributed by atoms with E-state index in [0.717, 1.165) is 57.9 Å². The lowest BCUT2D eigenvalue weighted by Crippen LogP contribution is -2.06. The molecular weight excluding hydrogens is 386 g/mol. The first-order valence-corrected chi connectivity index (χ1v) is 8.71. The zero-order valence-electron chi connectivity index (χ0n) is 14.4. The number of nitrogens with one attached hydrogen (secondary N) is 1. The van der Waals surface area contributed by atoms with Gasteiger partial charge in [-0.3, -0.25) is 0 Å². The van der Waals surface area contributed by atoms with Gasteiger partial charge < -0.3 is 14.8 Å². The van der Waals surface area contributed by atoms with E-state index in [1.807, 2.05) is 25.2 Å². The van der Waals surface area contributed by atoms with Gasteiger partial charge in [0.25, 0.3) is 0 Å². The Bertz CT molecular complexity index is 881. The fourth-order valence-corrected chi connectivity index (χ4v) is 3.34. The van der Waals surface area contributed by atoms with E-state index in [2.05, 4.69) is 36.3 Å². The van der Waals surface area contributed by atoms with Gasteiger partial charge in [0.05, 0.1) is 19.6 Å². The molecule has 0 aliphatic rings. The van der Waals surface area contributed by atoms with Crippen LogP contribution in [0.4, 0.5) is 5.82 Å². The molecule has 8 heteroatoms. The quantitative estimate of drug-likeness (QED) is 0.608. The van der Waals surface area contributed by atoms with Crippen molar-refractivity contribution in [1.82, 2.24) is 19.7 Å². The highest BCUT2D eigenvalue weighted by molar-refractivity contribution is 9.10. The highest BCUT2D eigenvalue weighted by atomic mass is 79.9. The molecule has 1 aromatic carbocycles. The van der Waals surface area contributed by atoms with Crippen LogP contribution in [0.15, 0.2) is 29.1 Å². The number of aromatic nitrogens is 4.